The molecule has 0 bridgehead atoms. The van der Waals surface area contributed by atoms with Gasteiger partial charge in [0, 0.05) is 41.3 Å². The maximum absolute atomic E-state index is 13.0. The van der Waals surface area contributed by atoms with Crippen LogP contribution >= 0.6 is 0 Å². The first kappa shape index (κ1) is 24.4. The summed E-state index contributed by atoms with van der Waals surface area (Å²) in [5, 5.41) is 3.18. The number of esters is 1. The molecule has 6 nitrogen and oxygen atoms in total. The Hall–Kier alpha value is -3.75. The van der Waals surface area contributed by atoms with Crippen molar-refractivity contribution >= 4 is 11.8 Å². The first-order valence-corrected chi connectivity index (χ1v) is 11.0. The van der Waals surface area contributed by atoms with Crippen LogP contribution in [0.4, 0.5) is 13.2 Å². The fraction of sp³-hybridized carbons (Fsp3) is 0.308. The smallest absolute Gasteiger partial charge is 0.496 e. The van der Waals surface area contributed by atoms with E-state index >= 15 is 0 Å². The van der Waals surface area contributed by atoms with Crippen LogP contribution in [-0.4, -0.2) is 25.2 Å². The lowest BCUT2D eigenvalue weighted by atomic mass is 9.78. The molecule has 0 fully saturated rings. The van der Waals surface area contributed by atoms with Crippen molar-refractivity contribution in [3.05, 3.63) is 82.2 Å². The molecular formula is C26H24F3NO5. The molecule has 0 amide bonds. The van der Waals surface area contributed by atoms with Gasteiger partial charge in [-0.15, -0.1) is 13.2 Å². The molecule has 35 heavy (non-hydrogen) atoms. The Kier molecular flexibility index (Phi) is 6.86. The number of carbonyl (C=O) groups is 2. The van der Waals surface area contributed by atoms with Crippen molar-refractivity contribution in [2.45, 2.75) is 45.1 Å². The largest absolute Gasteiger partial charge is 0.573 e. The number of halogens is 3. The van der Waals surface area contributed by atoms with E-state index in [4.69, 9.17) is 9.47 Å². The Morgan fingerprint density at radius 2 is 1.74 bits per heavy atom. The van der Waals surface area contributed by atoms with E-state index in [0.29, 0.717) is 17.7 Å². The van der Waals surface area contributed by atoms with Crippen LogP contribution in [0.5, 0.6) is 11.5 Å². The second kappa shape index (κ2) is 9.85. The highest BCUT2D eigenvalue weighted by atomic mass is 19.4. The number of hydrogen-bond acceptors (Lipinski definition) is 6. The topological polar surface area (TPSA) is 73.9 Å². The monoisotopic (exact) mass is 487 g/mol. The highest BCUT2D eigenvalue weighted by Crippen LogP contribution is 2.41. The number of Topliss-reactive ketones (excluding diaryl/α,β-unsaturated/α-hetero) is 1. The van der Waals surface area contributed by atoms with Crippen LogP contribution in [0.25, 0.3) is 0 Å². The lowest BCUT2D eigenvalue weighted by molar-refractivity contribution is -0.275. The summed E-state index contributed by atoms with van der Waals surface area (Å²) in [6.07, 6.45) is -3.89. The maximum atomic E-state index is 13.0. The van der Waals surface area contributed by atoms with Crippen LogP contribution in [0, 0.1) is 0 Å². The van der Waals surface area contributed by atoms with Gasteiger partial charge in [0.25, 0.3) is 0 Å². The third-order valence-corrected chi connectivity index (χ3v) is 6.11. The van der Waals surface area contributed by atoms with Gasteiger partial charge in [-0.25, -0.2) is 4.79 Å². The number of rotatable bonds is 6. The molecule has 2 aromatic rings. The minimum absolute atomic E-state index is 0.0589. The van der Waals surface area contributed by atoms with Gasteiger partial charge in [0.15, 0.2) is 5.78 Å². The van der Waals surface area contributed by atoms with Crippen LogP contribution in [0.1, 0.15) is 43.2 Å². The van der Waals surface area contributed by atoms with Gasteiger partial charge >= 0.3 is 12.3 Å². The van der Waals surface area contributed by atoms with Crippen molar-refractivity contribution in [2.24, 2.45) is 0 Å². The molecule has 184 valence electrons. The van der Waals surface area contributed by atoms with E-state index in [2.05, 4.69) is 10.1 Å². The van der Waals surface area contributed by atoms with Gasteiger partial charge in [0.05, 0.1) is 12.7 Å². The molecular weight excluding hydrogens is 463 g/mol. The molecule has 2 aliphatic rings. The molecule has 1 aliphatic heterocycles. The Balaban J connectivity index is 1.46. The Morgan fingerprint density at radius 1 is 1.06 bits per heavy atom. The van der Waals surface area contributed by atoms with Gasteiger partial charge in [0.2, 0.25) is 0 Å². The fourth-order valence-corrected chi connectivity index (χ4v) is 4.43. The second-order valence-corrected chi connectivity index (χ2v) is 8.36. The number of methoxy groups -OCH3 is 1. The van der Waals surface area contributed by atoms with Crippen molar-refractivity contribution in [1.82, 2.24) is 5.32 Å². The molecule has 0 radical (unpaired) electrons. The SMILES string of the molecule is COc1ccccc1[C@H]1CC(=O)C2=C(C1)NC(C)=C(C(=O)OCc1ccccc1OC(F)(F)F)C2. The standard InChI is InChI=1S/C26H24F3NO5/c1-15-19(25(32)34-14-16-7-3-5-9-23(16)35-26(27,28)29)13-20-21(30-15)11-17(12-22(20)31)18-8-4-6-10-24(18)33-2/h3-10,17,30H,11-14H2,1-2H3/t17-/m1/s1. The number of alkyl halides is 3. The van der Waals surface area contributed by atoms with Gasteiger partial charge in [-0.3, -0.25) is 4.79 Å². The van der Waals surface area contributed by atoms with E-state index in [0.717, 1.165) is 23.1 Å². The highest BCUT2D eigenvalue weighted by Gasteiger charge is 2.35. The van der Waals surface area contributed by atoms with E-state index in [-0.39, 0.29) is 35.7 Å². The van der Waals surface area contributed by atoms with Crippen LogP contribution in [-0.2, 0) is 20.9 Å². The zero-order valence-electron chi connectivity index (χ0n) is 19.2. The summed E-state index contributed by atoms with van der Waals surface area (Å²) >= 11 is 0. The first-order valence-electron chi connectivity index (χ1n) is 11.0. The molecule has 1 heterocycles. The van der Waals surface area contributed by atoms with Crippen LogP contribution in [0.2, 0.25) is 0 Å². The lowest BCUT2D eigenvalue weighted by Gasteiger charge is -2.32. The van der Waals surface area contributed by atoms with Crippen molar-refractivity contribution in [1.29, 1.82) is 0 Å². The van der Waals surface area contributed by atoms with Crippen LogP contribution < -0.4 is 14.8 Å². The number of ketones is 1. The molecule has 2 aromatic carbocycles. The molecule has 1 N–H and O–H groups in total. The number of dihydropyridines is 1. The third kappa shape index (κ3) is 5.50. The molecule has 0 aromatic heterocycles. The second-order valence-electron chi connectivity index (χ2n) is 8.36. The number of allylic oxidation sites excluding steroid dienone is 3. The third-order valence-electron chi connectivity index (χ3n) is 6.11. The minimum atomic E-state index is -4.86. The van der Waals surface area contributed by atoms with Crippen LogP contribution in [0.3, 0.4) is 0 Å². The Morgan fingerprint density at radius 3 is 2.46 bits per heavy atom. The van der Waals surface area contributed by atoms with E-state index in [9.17, 15) is 22.8 Å². The Labute approximate surface area is 200 Å². The van der Waals surface area contributed by atoms with E-state index < -0.39 is 24.7 Å². The van der Waals surface area contributed by atoms with Gasteiger partial charge in [-0.1, -0.05) is 36.4 Å². The fourth-order valence-electron chi connectivity index (χ4n) is 4.43. The summed E-state index contributed by atoms with van der Waals surface area (Å²) in [4.78, 5) is 25.8. The van der Waals surface area contributed by atoms with Crippen molar-refractivity contribution in [3.8, 4) is 11.5 Å². The van der Waals surface area contributed by atoms with Gasteiger partial charge in [-0.05, 0) is 31.0 Å². The van der Waals surface area contributed by atoms with Crippen molar-refractivity contribution < 1.29 is 37.0 Å². The van der Waals surface area contributed by atoms with E-state index in [1.807, 2.05) is 24.3 Å². The minimum Gasteiger partial charge on any atom is -0.496 e. The van der Waals surface area contributed by atoms with Crippen molar-refractivity contribution in [2.75, 3.05) is 7.11 Å². The number of nitrogens with one attached hydrogen (secondary N) is 1. The lowest BCUT2D eigenvalue weighted by Crippen LogP contribution is -2.31. The highest BCUT2D eigenvalue weighted by molar-refractivity contribution is 6.01. The number of benzene rings is 2. The quantitative estimate of drug-likeness (QED) is 0.557. The summed E-state index contributed by atoms with van der Waals surface area (Å²) in [5.74, 6) is -0.553. The molecule has 0 spiro atoms. The Bertz CT molecular complexity index is 1220. The average molecular weight is 487 g/mol. The van der Waals surface area contributed by atoms with Crippen LogP contribution in [0.15, 0.2) is 71.1 Å². The van der Waals surface area contributed by atoms with E-state index in [1.165, 1.54) is 18.2 Å². The van der Waals surface area contributed by atoms with Gasteiger partial charge in [-0.2, -0.15) is 0 Å². The van der Waals surface area contributed by atoms with Crippen molar-refractivity contribution in [3.63, 3.8) is 0 Å². The number of ether oxygens (including phenoxy) is 3. The molecule has 0 unspecified atom stereocenters. The first-order chi connectivity index (χ1) is 16.7. The molecule has 1 aliphatic carbocycles. The predicted molar refractivity (Wildman–Crippen MR) is 120 cm³/mol. The summed E-state index contributed by atoms with van der Waals surface area (Å²) < 4.78 is 52.7. The molecule has 1 atom stereocenters. The summed E-state index contributed by atoms with van der Waals surface area (Å²) in [7, 11) is 1.59. The number of para-hydroxylation sites is 2. The maximum Gasteiger partial charge on any atom is 0.573 e. The summed E-state index contributed by atoms with van der Waals surface area (Å²) in [6, 6.07) is 13.0. The number of carbonyl (C=O) groups excluding carboxylic acids is 2. The van der Waals surface area contributed by atoms with Gasteiger partial charge < -0.3 is 19.5 Å². The zero-order valence-corrected chi connectivity index (χ0v) is 19.2. The normalized spacial score (nSPS) is 18.1. The van der Waals surface area contributed by atoms with Gasteiger partial charge in [0.1, 0.15) is 18.1 Å². The predicted octanol–water partition coefficient (Wildman–Crippen LogP) is 5.31. The molecule has 0 saturated heterocycles. The summed E-state index contributed by atoms with van der Waals surface area (Å²) in [6.45, 7) is 1.30. The van der Waals surface area contributed by atoms with E-state index in [1.54, 1.807) is 14.0 Å². The zero-order chi connectivity index (χ0) is 25.2. The number of hydrogen-bond donors (Lipinski definition) is 1. The molecule has 9 heteroatoms. The summed E-state index contributed by atoms with van der Waals surface area (Å²) in [5.41, 5.74) is 3.12. The molecule has 4 rings (SSSR count). The average Bonchev–Trinajstić information content (AvgIpc) is 2.81. The molecule has 0 saturated carbocycles.